The Bertz CT molecular complexity index is 1460. The average molecular weight is 715 g/mol. The van der Waals surface area contributed by atoms with Crippen LogP contribution in [-0.4, -0.2) is 0 Å². The van der Waals surface area contributed by atoms with Gasteiger partial charge in [0.1, 0.15) is 0 Å². The minimum Gasteiger partial charge on any atom is -0.0735 e. The number of rotatable bonds is 14. The van der Waals surface area contributed by atoms with Crippen molar-refractivity contribution < 1.29 is 0 Å². The van der Waals surface area contributed by atoms with Gasteiger partial charge in [0.2, 0.25) is 0 Å². The molecule has 7 rings (SSSR count). The van der Waals surface area contributed by atoms with Gasteiger partial charge in [-0.15, -0.1) is 0 Å². The number of allylic oxidation sites excluding steroid dienone is 2. The minimum atomic E-state index is 0.247. The first-order valence-corrected chi connectivity index (χ1v) is 19.4. The molecule has 0 heterocycles. The predicted octanol–water partition coefficient (Wildman–Crippen LogP) is 12.2. The molecule has 0 N–H and O–H groups in total. The minimum absolute atomic E-state index is 0.247. The Hall–Kier alpha value is -1.64. The summed E-state index contributed by atoms with van der Waals surface area (Å²) < 4.78 is 2.69. The van der Waals surface area contributed by atoms with Crippen LogP contribution in [0.25, 0.3) is 0 Å². The van der Waals surface area contributed by atoms with Crippen molar-refractivity contribution in [2.24, 2.45) is 5.92 Å². The van der Waals surface area contributed by atoms with Gasteiger partial charge in [-0.2, -0.15) is 0 Å². The summed E-state index contributed by atoms with van der Waals surface area (Å²) in [6.07, 6.45) is 26.0. The Kier molecular flexibility index (Phi) is 9.32. The predicted molar refractivity (Wildman–Crippen MR) is 194 cm³/mol. The molecule has 2 heteroatoms. The molecule has 0 nitrogen and oxygen atoms in total. The van der Waals surface area contributed by atoms with Gasteiger partial charge in [-0.25, -0.2) is 0 Å². The lowest BCUT2D eigenvalue weighted by molar-refractivity contribution is 0.157. The van der Waals surface area contributed by atoms with Crippen molar-refractivity contribution >= 4 is 31.9 Å². The number of hydrogen-bond acceptors (Lipinski definition) is 0. The summed E-state index contributed by atoms with van der Waals surface area (Å²) in [6, 6.07) is 21.8. The zero-order valence-electron chi connectivity index (χ0n) is 26.8. The van der Waals surface area contributed by atoms with Crippen molar-refractivity contribution in [2.45, 2.75) is 133 Å². The number of fused-ring (bicyclic) bond motifs is 5. The summed E-state index contributed by atoms with van der Waals surface area (Å²) in [4.78, 5) is 0. The molecule has 0 aliphatic heterocycles. The van der Waals surface area contributed by atoms with Gasteiger partial charge in [0.05, 0.1) is 0 Å². The number of aryl methyl sites for hydroxylation is 6. The third kappa shape index (κ3) is 6.09. The molecule has 0 amide bonds. The van der Waals surface area contributed by atoms with Crippen molar-refractivity contribution in [3.63, 3.8) is 0 Å². The second-order valence-corrected chi connectivity index (χ2v) is 16.8. The highest BCUT2D eigenvalue weighted by molar-refractivity contribution is 9.11. The molecule has 0 spiro atoms. The van der Waals surface area contributed by atoms with E-state index >= 15 is 0 Å². The quantitative estimate of drug-likeness (QED) is 0.146. The van der Waals surface area contributed by atoms with Gasteiger partial charge in [0.15, 0.2) is 0 Å². The van der Waals surface area contributed by atoms with E-state index in [2.05, 4.69) is 99.5 Å². The monoisotopic (exact) mass is 712 g/mol. The Morgan fingerprint density at radius 1 is 0.614 bits per heavy atom. The lowest BCUT2D eigenvalue weighted by Gasteiger charge is -2.45. The van der Waals surface area contributed by atoms with E-state index in [1.165, 1.54) is 118 Å². The van der Waals surface area contributed by atoms with Crippen LogP contribution >= 0.6 is 31.9 Å². The molecule has 0 aromatic heterocycles. The normalized spacial score (nSPS) is 22.2. The summed E-state index contributed by atoms with van der Waals surface area (Å²) in [5.74, 6) is 0.684. The molecular formula is C42H50Br2. The van der Waals surface area contributed by atoms with E-state index in [0.29, 0.717) is 5.92 Å². The molecule has 4 aliphatic rings. The zero-order valence-corrected chi connectivity index (χ0v) is 30.0. The zero-order chi connectivity index (χ0) is 30.1. The summed E-state index contributed by atoms with van der Waals surface area (Å²) in [5.41, 5.74) is 13.4. The largest absolute Gasteiger partial charge is 0.0735 e. The van der Waals surface area contributed by atoms with E-state index < -0.39 is 0 Å². The molecule has 0 saturated carbocycles. The van der Waals surface area contributed by atoms with Crippen molar-refractivity contribution in [3.8, 4) is 0 Å². The van der Waals surface area contributed by atoms with E-state index in [1.807, 2.05) is 0 Å². The third-order valence-electron chi connectivity index (χ3n) is 12.3. The molecule has 0 radical (unpaired) electrons. The van der Waals surface area contributed by atoms with Gasteiger partial charge in [0, 0.05) is 9.89 Å². The molecule has 3 aromatic carbocycles. The molecule has 232 valence electrons. The van der Waals surface area contributed by atoms with Crippen LogP contribution in [0.5, 0.6) is 0 Å². The van der Waals surface area contributed by atoms with Crippen LogP contribution in [-0.2, 0) is 49.4 Å². The van der Waals surface area contributed by atoms with Crippen LogP contribution in [0, 0.1) is 5.92 Å². The van der Waals surface area contributed by atoms with Crippen LogP contribution in [0.15, 0.2) is 69.6 Å². The average Bonchev–Trinajstić information content (AvgIpc) is 3.19. The van der Waals surface area contributed by atoms with Crippen molar-refractivity contribution in [1.82, 2.24) is 0 Å². The third-order valence-corrected chi connectivity index (χ3v) is 13.4. The lowest BCUT2D eigenvalue weighted by Crippen LogP contribution is -2.41. The van der Waals surface area contributed by atoms with E-state index in [1.54, 1.807) is 44.5 Å². The number of hydrogen-bond donors (Lipinski definition) is 0. The number of benzene rings is 3. The smallest absolute Gasteiger partial charge is 0.0178 e. The Balaban J connectivity index is 1.00. The molecular weight excluding hydrogens is 664 g/mol. The summed E-state index contributed by atoms with van der Waals surface area (Å²) in [6.45, 7) is 2.59. The first-order valence-electron chi connectivity index (χ1n) is 17.8. The molecule has 4 aliphatic carbocycles. The molecule has 44 heavy (non-hydrogen) atoms. The van der Waals surface area contributed by atoms with E-state index in [4.69, 9.17) is 0 Å². The fourth-order valence-corrected chi connectivity index (χ4v) is 10.3. The first-order chi connectivity index (χ1) is 21.4. The maximum absolute atomic E-state index is 3.99. The van der Waals surface area contributed by atoms with Crippen LogP contribution in [0.4, 0.5) is 0 Å². The molecule has 3 aromatic rings. The van der Waals surface area contributed by atoms with Crippen molar-refractivity contribution in [2.75, 3.05) is 0 Å². The van der Waals surface area contributed by atoms with E-state index in [-0.39, 0.29) is 10.8 Å². The van der Waals surface area contributed by atoms with Gasteiger partial charge in [-0.05, 0) is 150 Å². The molecule has 0 fully saturated rings. The summed E-state index contributed by atoms with van der Waals surface area (Å²) in [5, 5.41) is 0. The van der Waals surface area contributed by atoms with Gasteiger partial charge >= 0.3 is 0 Å². The SMILES string of the molecule is CC12CC=C(Br)CC1C(CCCCCCc1ccc3c(c1)CC3)(CCCCCCc1ccc3c(c1)CC3)c1cc(Br)ccc12. The fourth-order valence-electron chi connectivity index (χ4n) is 9.48. The Labute approximate surface area is 283 Å². The highest BCUT2D eigenvalue weighted by Crippen LogP contribution is 2.63. The molecule has 2 unspecified atom stereocenters. The van der Waals surface area contributed by atoms with Gasteiger partial charge in [-0.1, -0.05) is 126 Å². The maximum Gasteiger partial charge on any atom is 0.0178 e. The van der Waals surface area contributed by atoms with Crippen molar-refractivity contribution in [1.29, 1.82) is 0 Å². The van der Waals surface area contributed by atoms with Gasteiger partial charge in [-0.3, -0.25) is 0 Å². The van der Waals surface area contributed by atoms with Crippen LogP contribution in [0.2, 0.25) is 0 Å². The molecule has 0 saturated heterocycles. The highest BCUT2D eigenvalue weighted by atomic mass is 79.9. The lowest BCUT2D eigenvalue weighted by atomic mass is 9.59. The van der Waals surface area contributed by atoms with Crippen LogP contribution < -0.4 is 0 Å². The standard InChI is InChI=1S/C42H50Br2/c1-41-25-22-37(44)29-40(41)42(39-28-36(43)20-21-38(39)41,23-8-4-2-6-10-30-12-14-32-16-18-34(32)26-30)24-9-5-3-7-11-31-13-15-33-17-19-35(33)27-31/h12-15,20-22,26-28,40H,2-11,16-19,23-25,29H2,1H3. The Morgan fingerprint density at radius 3 is 1.73 bits per heavy atom. The Morgan fingerprint density at radius 2 is 1.18 bits per heavy atom. The maximum atomic E-state index is 3.99. The number of unbranched alkanes of at least 4 members (excludes halogenated alkanes) is 6. The van der Waals surface area contributed by atoms with Gasteiger partial charge < -0.3 is 0 Å². The summed E-state index contributed by atoms with van der Waals surface area (Å²) in [7, 11) is 0. The highest BCUT2D eigenvalue weighted by Gasteiger charge is 2.57. The van der Waals surface area contributed by atoms with Crippen molar-refractivity contribution in [3.05, 3.63) is 114 Å². The second-order valence-electron chi connectivity index (χ2n) is 14.9. The number of halogens is 2. The molecule has 2 atom stereocenters. The second kappa shape index (κ2) is 13.2. The van der Waals surface area contributed by atoms with Gasteiger partial charge in [0.25, 0.3) is 0 Å². The first kappa shape index (κ1) is 31.0. The van der Waals surface area contributed by atoms with E-state index in [0.717, 1.165) is 6.42 Å². The van der Waals surface area contributed by atoms with E-state index in [9.17, 15) is 0 Å². The van der Waals surface area contributed by atoms with Crippen LogP contribution in [0.1, 0.15) is 128 Å². The summed E-state index contributed by atoms with van der Waals surface area (Å²) >= 11 is 7.89. The topological polar surface area (TPSA) is 0 Å². The van der Waals surface area contributed by atoms with Crippen LogP contribution in [0.3, 0.4) is 0 Å². The fraction of sp³-hybridized carbons (Fsp3) is 0.524. The molecule has 0 bridgehead atoms.